The number of benzene rings is 1. The van der Waals surface area contributed by atoms with E-state index in [9.17, 15) is 22.8 Å². The lowest BCUT2D eigenvalue weighted by molar-refractivity contribution is -0.142. The second-order valence-electron chi connectivity index (χ2n) is 5.36. The minimum atomic E-state index is -4.65. The highest BCUT2D eigenvalue weighted by molar-refractivity contribution is 7.15. The number of amides is 1. The standard InChI is InChI=1S/C15H12F3N3O4S/c1-24-9-5-3-2-4-7(9)11-8(6-10(22)25-11)12(23)19-14-21-20-13(26-14)15(16,17)18/h2-5,8,11H,6H2,1H3,(H,19,21,23)/t8-,11+/m1/s1. The highest BCUT2D eigenvalue weighted by atomic mass is 32.1. The molecule has 1 fully saturated rings. The molecule has 2 atom stereocenters. The number of esters is 1. The first-order valence-corrected chi connectivity index (χ1v) is 8.15. The fraction of sp³-hybridized carbons (Fsp3) is 0.333. The van der Waals surface area contributed by atoms with Crippen molar-refractivity contribution in [3.8, 4) is 5.75 Å². The van der Waals surface area contributed by atoms with Gasteiger partial charge in [0.1, 0.15) is 11.9 Å². The number of rotatable bonds is 4. The van der Waals surface area contributed by atoms with E-state index in [1.54, 1.807) is 24.3 Å². The van der Waals surface area contributed by atoms with Crippen LogP contribution in [0.25, 0.3) is 0 Å². The molecule has 26 heavy (non-hydrogen) atoms. The molecule has 1 amide bonds. The van der Waals surface area contributed by atoms with Crippen molar-refractivity contribution in [3.05, 3.63) is 34.8 Å². The summed E-state index contributed by atoms with van der Waals surface area (Å²) in [6, 6.07) is 6.71. The second-order valence-corrected chi connectivity index (χ2v) is 6.34. The molecule has 0 spiro atoms. The summed E-state index contributed by atoms with van der Waals surface area (Å²) in [5.41, 5.74) is 0.495. The molecule has 0 bridgehead atoms. The number of nitrogens with one attached hydrogen (secondary N) is 1. The van der Waals surface area contributed by atoms with Gasteiger partial charge < -0.3 is 14.8 Å². The average Bonchev–Trinajstić information content (AvgIpc) is 3.21. The van der Waals surface area contributed by atoms with Crippen molar-refractivity contribution >= 4 is 28.3 Å². The Balaban J connectivity index is 1.81. The number of aromatic nitrogens is 2. The van der Waals surface area contributed by atoms with Gasteiger partial charge in [-0.15, -0.1) is 10.2 Å². The molecule has 0 unspecified atom stereocenters. The molecule has 0 aliphatic carbocycles. The van der Waals surface area contributed by atoms with Gasteiger partial charge in [-0.25, -0.2) is 0 Å². The van der Waals surface area contributed by atoms with Gasteiger partial charge in [-0.3, -0.25) is 9.59 Å². The molecule has 1 aliphatic heterocycles. The van der Waals surface area contributed by atoms with E-state index >= 15 is 0 Å². The Morgan fingerprint density at radius 3 is 2.73 bits per heavy atom. The molecule has 138 valence electrons. The fourth-order valence-electron chi connectivity index (χ4n) is 2.56. The molecular weight excluding hydrogens is 375 g/mol. The summed E-state index contributed by atoms with van der Waals surface area (Å²) in [5, 5.41) is 7.10. The van der Waals surface area contributed by atoms with Crippen LogP contribution in [0.3, 0.4) is 0 Å². The number of anilines is 1. The van der Waals surface area contributed by atoms with Crippen LogP contribution in [0.5, 0.6) is 5.75 Å². The molecule has 0 saturated carbocycles. The molecule has 1 saturated heterocycles. The molecular formula is C15H12F3N3O4S. The highest BCUT2D eigenvalue weighted by Crippen LogP contribution is 2.40. The minimum Gasteiger partial charge on any atom is -0.496 e. The van der Waals surface area contributed by atoms with Gasteiger partial charge in [-0.2, -0.15) is 13.2 Å². The number of carbonyl (C=O) groups is 2. The van der Waals surface area contributed by atoms with E-state index in [1.165, 1.54) is 7.11 Å². The van der Waals surface area contributed by atoms with E-state index in [-0.39, 0.29) is 22.9 Å². The van der Waals surface area contributed by atoms with E-state index in [0.717, 1.165) is 0 Å². The predicted molar refractivity (Wildman–Crippen MR) is 83.5 cm³/mol. The number of hydrogen-bond acceptors (Lipinski definition) is 7. The topological polar surface area (TPSA) is 90.4 Å². The number of ether oxygens (including phenoxy) is 2. The zero-order chi connectivity index (χ0) is 18.9. The summed E-state index contributed by atoms with van der Waals surface area (Å²) in [6.07, 6.45) is -5.76. The van der Waals surface area contributed by atoms with Crippen LogP contribution in [0.2, 0.25) is 0 Å². The Kier molecular flexibility index (Phi) is 4.81. The Bertz CT molecular complexity index is 840. The molecule has 1 aromatic carbocycles. The van der Waals surface area contributed by atoms with Crippen LogP contribution in [0.1, 0.15) is 23.1 Å². The lowest BCUT2D eigenvalue weighted by atomic mass is 9.94. The van der Waals surface area contributed by atoms with Gasteiger partial charge >= 0.3 is 12.1 Å². The highest BCUT2D eigenvalue weighted by Gasteiger charge is 2.43. The second kappa shape index (κ2) is 6.90. The molecule has 11 heteroatoms. The quantitative estimate of drug-likeness (QED) is 0.812. The van der Waals surface area contributed by atoms with Gasteiger partial charge in [0.15, 0.2) is 0 Å². The SMILES string of the molecule is COc1ccccc1[C@@H]1OC(=O)C[C@H]1C(=O)Nc1nnc(C(F)(F)F)s1. The summed E-state index contributed by atoms with van der Waals surface area (Å²) in [7, 11) is 1.44. The van der Waals surface area contributed by atoms with E-state index in [0.29, 0.717) is 11.3 Å². The van der Waals surface area contributed by atoms with E-state index < -0.39 is 35.1 Å². The number of alkyl halides is 3. The molecule has 2 aromatic rings. The van der Waals surface area contributed by atoms with Crippen LogP contribution in [-0.2, 0) is 20.5 Å². The maximum atomic E-state index is 12.6. The van der Waals surface area contributed by atoms with Gasteiger partial charge in [0.05, 0.1) is 19.4 Å². The Labute approximate surface area is 149 Å². The Morgan fingerprint density at radius 1 is 1.35 bits per heavy atom. The molecule has 2 heterocycles. The van der Waals surface area contributed by atoms with Crippen LogP contribution >= 0.6 is 11.3 Å². The average molecular weight is 387 g/mol. The van der Waals surface area contributed by atoms with Crippen molar-refractivity contribution in [2.45, 2.75) is 18.7 Å². The van der Waals surface area contributed by atoms with Crippen LogP contribution in [0, 0.1) is 5.92 Å². The minimum absolute atomic E-state index is 0.203. The van der Waals surface area contributed by atoms with Gasteiger partial charge in [0, 0.05) is 5.56 Å². The van der Waals surface area contributed by atoms with Crippen molar-refractivity contribution in [2.75, 3.05) is 12.4 Å². The third-order valence-electron chi connectivity index (χ3n) is 3.69. The zero-order valence-corrected chi connectivity index (χ0v) is 14.1. The van der Waals surface area contributed by atoms with Crippen molar-refractivity contribution < 1.29 is 32.2 Å². The third kappa shape index (κ3) is 3.62. The summed E-state index contributed by atoms with van der Waals surface area (Å²) in [5.74, 6) is -1.77. The molecule has 0 radical (unpaired) electrons. The van der Waals surface area contributed by atoms with Crippen LogP contribution in [-0.4, -0.2) is 29.2 Å². The number of cyclic esters (lactones) is 1. The smallest absolute Gasteiger partial charge is 0.445 e. The van der Waals surface area contributed by atoms with Crippen LogP contribution in [0.15, 0.2) is 24.3 Å². The van der Waals surface area contributed by atoms with Crippen molar-refractivity contribution in [2.24, 2.45) is 5.92 Å². The lowest BCUT2D eigenvalue weighted by Gasteiger charge is -2.19. The van der Waals surface area contributed by atoms with Gasteiger partial charge in [0.25, 0.3) is 0 Å². The number of para-hydroxylation sites is 1. The summed E-state index contributed by atoms with van der Waals surface area (Å²) >= 11 is 0.203. The number of methoxy groups -OCH3 is 1. The van der Waals surface area contributed by atoms with Crippen molar-refractivity contribution in [1.82, 2.24) is 10.2 Å². The van der Waals surface area contributed by atoms with E-state index in [2.05, 4.69) is 15.5 Å². The van der Waals surface area contributed by atoms with Crippen molar-refractivity contribution in [3.63, 3.8) is 0 Å². The zero-order valence-electron chi connectivity index (χ0n) is 13.2. The van der Waals surface area contributed by atoms with Crippen molar-refractivity contribution in [1.29, 1.82) is 0 Å². The summed E-state index contributed by atoms with van der Waals surface area (Å²) < 4.78 is 48.2. The number of halogens is 3. The summed E-state index contributed by atoms with van der Waals surface area (Å²) in [4.78, 5) is 24.2. The normalized spacial score (nSPS) is 19.9. The summed E-state index contributed by atoms with van der Waals surface area (Å²) in [6.45, 7) is 0. The molecule has 3 rings (SSSR count). The van der Waals surface area contributed by atoms with E-state index in [1.807, 2.05) is 0 Å². The predicted octanol–water partition coefficient (Wildman–Crippen LogP) is 2.81. The molecule has 7 nitrogen and oxygen atoms in total. The van der Waals surface area contributed by atoms with E-state index in [4.69, 9.17) is 9.47 Å². The third-order valence-corrected chi connectivity index (χ3v) is 4.57. The first-order chi connectivity index (χ1) is 12.3. The van der Waals surface area contributed by atoms with Gasteiger partial charge in [-0.1, -0.05) is 29.5 Å². The Hall–Kier alpha value is -2.69. The number of nitrogens with zero attached hydrogens (tertiary/aromatic N) is 2. The molecule has 1 aliphatic rings. The number of hydrogen-bond donors (Lipinski definition) is 1. The first kappa shape index (κ1) is 18.1. The fourth-order valence-corrected chi connectivity index (χ4v) is 3.17. The molecule has 1 aromatic heterocycles. The monoisotopic (exact) mass is 387 g/mol. The van der Waals surface area contributed by atoms with Crippen LogP contribution < -0.4 is 10.1 Å². The van der Waals surface area contributed by atoms with Gasteiger partial charge in [-0.05, 0) is 6.07 Å². The number of carbonyl (C=O) groups excluding carboxylic acids is 2. The first-order valence-electron chi connectivity index (χ1n) is 7.33. The molecule has 1 N–H and O–H groups in total. The maximum absolute atomic E-state index is 12.6. The van der Waals surface area contributed by atoms with Crippen LogP contribution in [0.4, 0.5) is 18.3 Å². The lowest BCUT2D eigenvalue weighted by Crippen LogP contribution is -2.25. The largest absolute Gasteiger partial charge is 0.496 e. The maximum Gasteiger partial charge on any atom is 0.445 e. The van der Waals surface area contributed by atoms with Gasteiger partial charge in [0.2, 0.25) is 16.0 Å². The Morgan fingerprint density at radius 2 is 2.08 bits per heavy atom.